The molecule has 43 heavy (non-hydrogen) atoms. The van der Waals surface area contributed by atoms with Crippen molar-refractivity contribution >= 4 is 27.8 Å². The molecule has 12 heteroatoms. The fourth-order valence-electron chi connectivity index (χ4n) is 4.61. The molecular weight excluding hydrogens is 570 g/mol. The number of amides is 1. The van der Waals surface area contributed by atoms with Crippen molar-refractivity contribution < 1.29 is 23.1 Å². The Morgan fingerprint density at radius 3 is 2.19 bits per heavy atom. The van der Waals surface area contributed by atoms with Gasteiger partial charge < -0.3 is 19.9 Å². The third-order valence-corrected chi connectivity index (χ3v) is 8.69. The molecule has 0 saturated carbocycles. The van der Waals surface area contributed by atoms with Gasteiger partial charge in [-0.25, -0.2) is 0 Å². The number of hydrogen-bond donors (Lipinski definition) is 3. The molecule has 0 bridgehead atoms. The quantitative estimate of drug-likeness (QED) is 0.316. The fraction of sp³-hybridized carbons (Fsp3) is 0.323. The third kappa shape index (κ3) is 8.10. The number of piperazine rings is 1. The van der Waals surface area contributed by atoms with Crippen LogP contribution in [0.3, 0.4) is 0 Å². The minimum absolute atomic E-state index is 0.0135. The first kappa shape index (κ1) is 31.5. The molecule has 1 amide bonds. The minimum atomic E-state index is -3.94. The smallest absolute Gasteiger partial charge is 0.322 e. The zero-order valence-electron chi connectivity index (χ0n) is 24.3. The first-order valence-corrected chi connectivity index (χ1v) is 15.3. The molecule has 0 radical (unpaired) electrons. The van der Waals surface area contributed by atoms with E-state index in [-0.39, 0.29) is 18.7 Å². The molecule has 1 aromatic heterocycles. The zero-order chi connectivity index (χ0) is 31.1. The number of pyridine rings is 1. The van der Waals surface area contributed by atoms with E-state index in [0.717, 1.165) is 16.8 Å². The number of aliphatic carboxylic acids is 1. The van der Waals surface area contributed by atoms with E-state index in [1.165, 1.54) is 14.9 Å². The van der Waals surface area contributed by atoms with Crippen molar-refractivity contribution in [1.29, 1.82) is 0 Å². The first-order valence-electron chi connectivity index (χ1n) is 13.8. The number of rotatable bonds is 9. The minimum Gasteiger partial charge on any atom is -0.480 e. The van der Waals surface area contributed by atoms with Crippen LogP contribution in [0, 0.1) is 17.8 Å². The Hall–Kier alpha value is -4.44. The normalized spacial score (nSPS) is 14.6. The van der Waals surface area contributed by atoms with Crippen LogP contribution in [-0.2, 0) is 28.6 Å². The molecule has 11 nitrogen and oxygen atoms in total. The van der Waals surface area contributed by atoms with Crippen molar-refractivity contribution in [3.8, 4) is 11.8 Å². The molecule has 226 valence electrons. The van der Waals surface area contributed by atoms with Crippen LogP contribution in [0.25, 0.3) is 0 Å². The largest absolute Gasteiger partial charge is 0.480 e. The van der Waals surface area contributed by atoms with Crippen molar-refractivity contribution in [2.45, 2.75) is 26.4 Å². The Labute approximate surface area is 251 Å². The van der Waals surface area contributed by atoms with E-state index in [4.69, 9.17) is 0 Å². The van der Waals surface area contributed by atoms with Crippen LogP contribution < -0.4 is 20.5 Å². The Kier molecular flexibility index (Phi) is 10.0. The molecule has 1 atom stereocenters. The highest BCUT2D eigenvalue weighted by Crippen LogP contribution is 2.19. The lowest BCUT2D eigenvalue weighted by molar-refractivity contribution is -0.140. The van der Waals surface area contributed by atoms with Gasteiger partial charge in [0.25, 0.3) is 21.7 Å². The summed E-state index contributed by atoms with van der Waals surface area (Å²) in [6.07, 6.45) is 1.58. The summed E-state index contributed by atoms with van der Waals surface area (Å²) in [5.41, 5.74) is 2.67. The van der Waals surface area contributed by atoms with Crippen molar-refractivity contribution in [2.24, 2.45) is 13.0 Å². The molecule has 1 aliphatic heterocycles. The predicted octanol–water partition coefficient (Wildman–Crippen LogP) is 1.78. The molecule has 0 unspecified atom stereocenters. The van der Waals surface area contributed by atoms with Gasteiger partial charge in [0, 0.05) is 62.8 Å². The topological polar surface area (TPSA) is 141 Å². The summed E-state index contributed by atoms with van der Waals surface area (Å²) in [4.78, 5) is 38.8. The maximum absolute atomic E-state index is 12.7. The molecule has 0 aliphatic carbocycles. The number of carboxylic acids is 1. The zero-order valence-corrected chi connectivity index (χ0v) is 25.1. The van der Waals surface area contributed by atoms with Crippen LogP contribution in [0.15, 0.2) is 71.7 Å². The van der Waals surface area contributed by atoms with Gasteiger partial charge in [0.2, 0.25) is 0 Å². The van der Waals surface area contributed by atoms with E-state index < -0.39 is 39.6 Å². The lowest BCUT2D eigenvalue weighted by Gasteiger charge is -2.36. The summed E-state index contributed by atoms with van der Waals surface area (Å²) in [5.74, 6) is 4.02. The van der Waals surface area contributed by atoms with Gasteiger partial charge in [-0.15, -0.1) is 0 Å². The molecule has 3 aromatic rings. The number of aromatic nitrogens is 1. The van der Waals surface area contributed by atoms with E-state index in [9.17, 15) is 27.9 Å². The van der Waals surface area contributed by atoms with Crippen molar-refractivity contribution in [1.82, 2.24) is 18.9 Å². The van der Waals surface area contributed by atoms with Crippen molar-refractivity contribution in [3.05, 3.63) is 99.5 Å². The second-order valence-corrected chi connectivity index (χ2v) is 12.3. The van der Waals surface area contributed by atoms with Crippen LogP contribution in [0.2, 0.25) is 0 Å². The van der Waals surface area contributed by atoms with E-state index in [0.29, 0.717) is 25.2 Å². The molecule has 0 spiro atoms. The number of nitrogens with zero attached hydrogens (tertiary/aromatic N) is 3. The summed E-state index contributed by atoms with van der Waals surface area (Å²) < 4.78 is 30.4. The maximum atomic E-state index is 12.7. The maximum Gasteiger partial charge on any atom is 0.322 e. The summed E-state index contributed by atoms with van der Waals surface area (Å²) >= 11 is 0. The molecule has 1 saturated heterocycles. The Morgan fingerprint density at radius 1 is 0.953 bits per heavy atom. The van der Waals surface area contributed by atoms with Crippen LogP contribution >= 0.6 is 0 Å². The summed E-state index contributed by atoms with van der Waals surface area (Å²) in [6.45, 7) is 4.93. The van der Waals surface area contributed by atoms with Gasteiger partial charge in [-0.2, -0.15) is 17.4 Å². The standard InChI is InChI=1S/C31H35N5O6S/c1-22(2)28(31(39)40)33-43(41,42)36-17-15-35(16-18-36)26-13-11-23(12-14-26)9-10-25-19-27(30(38)34(3)21-25)29(37)32-20-24-7-5-4-6-8-24/h4-8,11-14,19,21-22,28,33H,15-18,20H2,1-3H3,(H,32,37)(H,39,40)/t28-/m1/s1. The van der Waals surface area contributed by atoms with Gasteiger partial charge in [-0.05, 0) is 41.8 Å². The molecule has 2 heterocycles. The number of nitrogens with one attached hydrogen (secondary N) is 2. The van der Waals surface area contributed by atoms with Gasteiger partial charge in [0.05, 0.1) is 0 Å². The van der Waals surface area contributed by atoms with Crippen LogP contribution in [0.4, 0.5) is 5.69 Å². The van der Waals surface area contributed by atoms with E-state index in [1.807, 2.05) is 59.5 Å². The lowest BCUT2D eigenvalue weighted by Crippen LogP contribution is -2.55. The summed E-state index contributed by atoms with van der Waals surface area (Å²) in [5, 5.41) is 12.1. The average Bonchev–Trinajstić information content (AvgIpc) is 2.99. The number of carbonyl (C=O) groups excluding carboxylic acids is 1. The van der Waals surface area contributed by atoms with Crippen LogP contribution in [0.5, 0.6) is 0 Å². The van der Waals surface area contributed by atoms with E-state index >= 15 is 0 Å². The van der Waals surface area contributed by atoms with Crippen LogP contribution in [-0.4, -0.2) is 66.5 Å². The van der Waals surface area contributed by atoms with E-state index in [1.54, 1.807) is 27.1 Å². The summed E-state index contributed by atoms with van der Waals surface area (Å²) in [6, 6.07) is 17.2. The highest BCUT2D eigenvalue weighted by atomic mass is 32.2. The third-order valence-electron chi connectivity index (χ3n) is 7.09. The highest BCUT2D eigenvalue weighted by molar-refractivity contribution is 7.87. The monoisotopic (exact) mass is 605 g/mol. The fourth-order valence-corrected chi connectivity index (χ4v) is 6.10. The van der Waals surface area contributed by atoms with Crippen molar-refractivity contribution in [2.75, 3.05) is 31.1 Å². The summed E-state index contributed by atoms with van der Waals surface area (Å²) in [7, 11) is -2.36. The van der Waals surface area contributed by atoms with Crippen molar-refractivity contribution in [3.63, 3.8) is 0 Å². The first-order chi connectivity index (χ1) is 20.4. The Bertz CT molecular complexity index is 1680. The van der Waals surface area contributed by atoms with Gasteiger partial charge >= 0.3 is 5.97 Å². The lowest BCUT2D eigenvalue weighted by atomic mass is 10.1. The highest BCUT2D eigenvalue weighted by Gasteiger charge is 2.33. The number of aryl methyl sites for hydroxylation is 1. The number of hydrogen-bond acceptors (Lipinski definition) is 6. The van der Waals surface area contributed by atoms with Gasteiger partial charge in [0.1, 0.15) is 11.6 Å². The molecule has 1 aliphatic rings. The number of carboxylic acid groups (broad SMARTS) is 1. The molecular formula is C31H35N5O6S. The number of benzene rings is 2. The van der Waals surface area contributed by atoms with Gasteiger partial charge in [-0.3, -0.25) is 14.4 Å². The number of carbonyl (C=O) groups is 2. The average molecular weight is 606 g/mol. The van der Waals surface area contributed by atoms with Gasteiger partial charge in [0.15, 0.2) is 0 Å². The Morgan fingerprint density at radius 2 is 1.58 bits per heavy atom. The van der Waals surface area contributed by atoms with E-state index in [2.05, 4.69) is 21.9 Å². The van der Waals surface area contributed by atoms with Gasteiger partial charge in [-0.1, -0.05) is 56.0 Å². The predicted molar refractivity (Wildman–Crippen MR) is 164 cm³/mol. The van der Waals surface area contributed by atoms with Crippen LogP contribution in [0.1, 0.15) is 40.9 Å². The molecule has 3 N–H and O–H groups in total. The molecule has 2 aromatic carbocycles. The second kappa shape index (κ2) is 13.7. The number of anilines is 1. The second-order valence-electron chi connectivity index (χ2n) is 10.6. The SMILES string of the molecule is CC(C)[C@@H](NS(=O)(=O)N1CCN(c2ccc(C#Cc3cc(C(=O)NCc4ccccc4)c(=O)n(C)c3)cc2)CC1)C(=O)O. The Balaban J connectivity index is 1.38. The molecule has 4 rings (SSSR count). The molecule has 1 fully saturated rings.